The summed E-state index contributed by atoms with van der Waals surface area (Å²) >= 11 is 0. The van der Waals surface area contributed by atoms with Gasteiger partial charge in [0.15, 0.2) is 0 Å². The number of hydrogen-bond donors (Lipinski definition) is 0. The van der Waals surface area contributed by atoms with Crippen LogP contribution >= 0.6 is 0 Å². The van der Waals surface area contributed by atoms with Crippen molar-refractivity contribution in [3.05, 3.63) is 0 Å². The second-order valence-corrected chi connectivity index (χ2v) is 7.14. The standard InChI is InChI=1S/C18H37N3O2/c1-22-14-12-19(13-15-23-2)10-11-21-9-6-18(17-21)16-20-7-4-3-5-8-20/h18H,3-17H2,1-2H3. The molecule has 0 bridgehead atoms. The fourth-order valence-electron chi connectivity index (χ4n) is 3.83. The van der Waals surface area contributed by atoms with Crippen molar-refractivity contribution in [1.29, 1.82) is 0 Å². The van der Waals surface area contributed by atoms with Crippen molar-refractivity contribution >= 4 is 0 Å². The Hall–Kier alpha value is -0.200. The molecular formula is C18H37N3O2. The van der Waals surface area contributed by atoms with E-state index >= 15 is 0 Å². The maximum absolute atomic E-state index is 5.22. The number of hydrogen-bond acceptors (Lipinski definition) is 5. The van der Waals surface area contributed by atoms with E-state index in [1.54, 1.807) is 14.2 Å². The molecule has 5 heteroatoms. The lowest BCUT2D eigenvalue weighted by molar-refractivity contribution is 0.107. The van der Waals surface area contributed by atoms with Gasteiger partial charge >= 0.3 is 0 Å². The zero-order valence-electron chi connectivity index (χ0n) is 15.3. The molecule has 2 aliphatic heterocycles. The van der Waals surface area contributed by atoms with Gasteiger partial charge in [-0.25, -0.2) is 0 Å². The van der Waals surface area contributed by atoms with E-state index in [-0.39, 0.29) is 0 Å². The molecule has 1 unspecified atom stereocenters. The molecule has 2 rings (SSSR count). The van der Waals surface area contributed by atoms with Gasteiger partial charge in [-0.1, -0.05) is 6.42 Å². The van der Waals surface area contributed by atoms with Crippen molar-refractivity contribution in [1.82, 2.24) is 14.7 Å². The highest BCUT2D eigenvalue weighted by Gasteiger charge is 2.25. The van der Waals surface area contributed by atoms with E-state index in [0.29, 0.717) is 0 Å². The lowest BCUT2D eigenvalue weighted by Gasteiger charge is -2.29. The maximum atomic E-state index is 5.22. The van der Waals surface area contributed by atoms with E-state index in [0.717, 1.165) is 38.8 Å². The number of ether oxygens (including phenoxy) is 2. The Labute approximate surface area is 142 Å². The summed E-state index contributed by atoms with van der Waals surface area (Å²) in [4.78, 5) is 7.81. The van der Waals surface area contributed by atoms with Gasteiger partial charge in [0.2, 0.25) is 0 Å². The van der Waals surface area contributed by atoms with Gasteiger partial charge in [-0.2, -0.15) is 0 Å². The van der Waals surface area contributed by atoms with Gasteiger partial charge in [0.25, 0.3) is 0 Å². The van der Waals surface area contributed by atoms with E-state index in [4.69, 9.17) is 9.47 Å². The van der Waals surface area contributed by atoms with E-state index in [1.807, 2.05) is 0 Å². The Kier molecular flexibility index (Phi) is 9.46. The molecule has 0 aromatic carbocycles. The van der Waals surface area contributed by atoms with Gasteiger partial charge in [-0.15, -0.1) is 0 Å². The number of likely N-dealkylation sites (tertiary alicyclic amines) is 2. The number of piperidine rings is 1. The maximum Gasteiger partial charge on any atom is 0.0589 e. The van der Waals surface area contributed by atoms with Gasteiger partial charge in [0.05, 0.1) is 13.2 Å². The van der Waals surface area contributed by atoms with Gasteiger partial charge < -0.3 is 19.3 Å². The van der Waals surface area contributed by atoms with Crippen molar-refractivity contribution in [3.8, 4) is 0 Å². The first-order chi connectivity index (χ1) is 11.3. The normalized spacial score (nSPS) is 23.9. The summed E-state index contributed by atoms with van der Waals surface area (Å²) in [6.45, 7) is 12.5. The molecule has 2 fully saturated rings. The largest absolute Gasteiger partial charge is 0.383 e. The average Bonchev–Trinajstić information content (AvgIpc) is 3.02. The molecule has 0 spiro atoms. The minimum Gasteiger partial charge on any atom is -0.383 e. The average molecular weight is 328 g/mol. The lowest BCUT2D eigenvalue weighted by atomic mass is 10.1. The zero-order chi connectivity index (χ0) is 16.3. The summed E-state index contributed by atoms with van der Waals surface area (Å²) in [7, 11) is 3.56. The third kappa shape index (κ3) is 7.48. The van der Waals surface area contributed by atoms with Crippen molar-refractivity contribution in [2.45, 2.75) is 25.7 Å². The first-order valence-electron chi connectivity index (χ1n) is 9.46. The van der Waals surface area contributed by atoms with E-state index in [2.05, 4.69) is 14.7 Å². The van der Waals surface area contributed by atoms with Crippen LogP contribution < -0.4 is 0 Å². The Morgan fingerprint density at radius 2 is 1.57 bits per heavy atom. The monoisotopic (exact) mass is 327 g/mol. The molecule has 2 heterocycles. The van der Waals surface area contributed by atoms with Crippen LogP contribution in [0.3, 0.4) is 0 Å². The molecule has 5 nitrogen and oxygen atoms in total. The van der Waals surface area contributed by atoms with Gasteiger partial charge in [0.1, 0.15) is 0 Å². The Morgan fingerprint density at radius 1 is 0.870 bits per heavy atom. The first kappa shape index (κ1) is 19.1. The van der Waals surface area contributed by atoms with E-state index < -0.39 is 0 Å². The molecule has 0 saturated carbocycles. The summed E-state index contributed by atoms with van der Waals surface area (Å²) in [5, 5.41) is 0. The van der Waals surface area contributed by atoms with Crippen LogP contribution in [0.2, 0.25) is 0 Å². The first-order valence-corrected chi connectivity index (χ1v) is 9.46. The predicted molar refractivity (Wildman–Crippen MR) is 95.0 cm³/mol. The molecular weight excluding hydrogens is 290 g/mol. The summed E-state index contributed by atoms with van der Waals surface area (Å²) in [6.07, 6.45) is 5.63. The Balaban J connectivity index is 1.62. The van der Waals surface area contributed by atoms with Crippen LogP contribution in [0.4, 0.5) is 0 Å². The smallest absolute Gasteiger partial charge is 0.0589 e. The predicted octanol–water partition coefficient (Wildman–Crippen LogP) is 1.39. The van der Waals surface area contributed by atoms with E-state index in [1.165, 1.54) is 65.0 Å². The molecule has 0 aliphatic carbocycles. The van der Waals surface area contributed by atoms with Crippen molar-refractivity contribution in [2.24, 2.45) is 5.92 Å². The molecule has 2 aliphatic rings. The minimum atomic E-state index is 0.807. The van der Waals surface area contributed by atoms with Crippen LogP contribution in [0.15, 0.2) is 0 Å². The summed E-state index contributed by atoms with van der Waals surface area (Å²) in [6, 6.07) is 0. The van der Waals surface area contributed by atoms with E-state index in [9.17, 15) is 0 Å². The zero-order valence-corrected chi connectivity index (χ0v) is 15.3. The third-order valence-electron chi connectivity index (χ3n) is 5.29. The van der Waals surface area contributed by atoms with Crippen LogP contribution in [0.25, 0.3) is 0 Å². The summed E-state index contributed by atoms with van der Waals surface area (Å²) in [5.74, 6) is 0.888. The fourth-order valence-corrected chi connectivity index (χ4v) is 3.83. The van der Waals surface area contributed by atoms with Gasteiger partial charge in [-0.05, 0) is 44.8 Å². The molecule has 0 radical (unpaired) electrons. The SMILES string of the molecule is COCCN(CCOC)CCN1CCC(CN2CCCCC2)C1. The molecule has 2 saturated heterocycles. The minimum absolute atomic E-state index is 0.807. The van der Waals surface area contributed by atoms with Crippen LogP contribution in [-0.4, -0.2) is 101 Å². The highest BCUT2D eigenvalue weighted by atomic mass is 16.5. The van der Waals surface area contributed by atoms with Crippen LogP contribution in [0.5, 0.6) is 0 Å². The molecule has 23 heavy (non-hydrogen) atoms. The third-order valence-corrected chi connectivity index (χ3v) is 5.29. The number of nitrogens with zero attached hydrogens (tertiary/aromatic N) is 3. The van der Waals surface area contributed by atoms with Crippen molar-refractivity contribution in [3.63, 3.8) is 0 Å². The molecule has 0 N–H and O–H groups in total. The van der Waals surface area contributed by atoms with Crippen molar-refractivity contribution in [2.75, 3.05) is 86.3 Å². The van der Waals surface area contributed by atoms with Crippen LogP contribution in [0.1, 0.15) is 25.7 Å². The fraction of sp³-hybridized carbons (Fsp3) is 1.00. The molecule has 0 amide bonds. The topological polar surface area (TPSA) is 28.2 Å². The Bertz CT molecular complexity index is 290. The number of methoxy groups -OCH3 is 2. The summed E-state index contributed by atoms with van der Waals surface area (Å²) < 4.78 is 10.4. The molecule has 0 aromatic heterocycles. The number of rotatable bonds is 11. The molecule has 0 aromatic rings. The second-order valence-electron chi connectivity index (χ2n) is 7.14. The van der Waals surface area contributed by atoms with Crippen LogP contribution in [-0.2, 0) is 9.47 Å². The second kappa shape index (κ2) is 11.4. The quantitative estimate of drug-likeness (QED) is 0.572. The lowest BCUT2D eigenvalue weighted by Crippen LogP contribution is -2.38. The highest BCUT2D eigenvalue weighted by Crippen LogP contribution is 2.19. The molecule has 136 valence electrons. The van der Waals surface area contributed by atoms with Crippen LogP contribution in [0, 0.1) is 5.92 Å². The van der Waals surface area contributed by atoms with Gasteiger partial charge in [-0.3, -0.25) is 4.90 Å². The summed E-state index contributed by atoms with van der Waals surface area (Å²) in [5.41, 5.74) is 0. The van der Waals surface area contributed by atoms with Crippen molar-refractivity contribution < 1.29 is 9.47 Å². The van der Waals surface area contributed by atoms with Gasteiger partial charge in [0, 0.05) is 53.5 Å². The molecule has 1 atom stereocenters. The highest BCUT2D eigenvalue weighted by molar-refractivity contribution is 4.80. The Morgan fingerprint density at radius 3 is 2.22 bits per heavy atom.